The first-order chi connectivity index (χ1) is 10.2. The smallest absolute Gasteiger partial charge is 0.0108 e. The normalized spacial score (nSPS) is 26.4. The third kappa shape index (κ3) is 5.72. The predicted molar refractivity (Wildman–Crippen MR) is 94.1 cm³/mol. The molecule has 1 aromatic rings. The maximum absolute atomic E-state index is 3.79. The minimum absolute atomic E-state index is 0.741. The highest BCUT2D eigenvalue weighted by Gasteiger charge is 2.28. The zero-order valence-corrected chi connectivity index (χ0v) is 14.8. The van der Waals surface area contributed by atoms with Crippen LogP contribution in [0.4, 0.5) is 0 Å². The number of thiophene rings is 1. The maximum Gasteiger partial charge on any atom is 0.0108 e. The third-order valence-electron chi connectivity index (χ3n) is 4.77. The highest BCUT2D eigenvalue weighted by molar-refractivity contribution is 7.09. The van der Waals surface area contributed by atoms with Crippen LogP contribution in [-0.2, 0) is 6.42 Å². The van der Waals surface area contributed by atoms with E-state index < -0.39 is 0 Å². The zero-order valence-electron chi connectivity index (χ0n) is 14.0. The van der Waals surface area contributed by atoms with Gasteiger partial charge in [-0.15, -0.1) is 11.3 Å². The summed E-state index contributed by atoms with van der Waals surface area (Å²) in [7, 11) is 2.30. The lowest BCUT2D eigenvalue weighted by atomic mass is 9.78. The Morgan fingerprint density at radius 2 is 2.24 bits per heavy atom. The summed E-state index contributed by atoms with van der Waals surface area (Å²) in [5.41, 5.74) is 0. The maximum atomic E-state index is 3.79. The summed E-state index contributed by atoms with van der Waals surface area (Å²) in [5.74, 6) is 1.73. The van der Waals surface area contributed by atoms with E-state index in [1.165, 1.54) is 56.6 Å². The van der Waals surface area contributed by atoms with E-state index in [1.807, 2.05) is 11.3 Å². The molecule has 0 bridgehead atoms. The molecule has 120 valence electrons. The Labute approximate surface area is 134 Å². The van der Waals surface area contributed by atoms with Gasteiger partial charge in [-0.25, -0.2) is 0 Å². The predicted octanol–water partition coefficient (Wildman–Crippen LogP) is 4.03. The van der Waals surface area contributed by atoms with Crippen LogP contribution in [0, 0.1) is 11.8 Å². The van der Waals surface area contributed by atoms with Crippen molar-refractivity contribution in [3.63, 3.8) is 0 Å². The van der Waals surface area contributed by atoms with Gasteiger partial charge < -0.3 is 10.2 Å². The molecule has 2 nitrogen and oxygen atoms in total. The molecule has 0 saturated heterocycles. The monoisotopic (exact) mass is 308 g/mol. The molecule has 0 amide bonds. The largest absolute Gasteiger partial charge is 0.314 e. The highest BCUT2D eigenvalue weighted by Crippen LogP contribution is 2.29. The van der Waals surface area contributed by atoms with Gasteiger partial charge in [-0.3, -0.25) is 0 Å². The lowest BCUT2D eigenvalue weighted by Gasteiger charge is -2.37. The Hall–Kier alpha value is -0.380. The second kappa shape index (κ2) is 8.92. The average Bonchev–Trinajstić information content (AvgIpc) is 2.98. The molecular formula is C18H32N2S. The van der Waals surface area contributed by atoms with Crippen molar-refractivity contribution in [2.75, 3.05) is 26.7 Å². The van der Waals surface area contributed by atoms with Crippen LogP contribution in [0.15, 0.2) is 17.5 Å². The molecule has 0 aromatic carbocycles. The van der Waals surface area contributed by atoms with Gasteiger partial charge in [0, 0.05) is 24.0 Å². The van der Waals surface area contributed by atoms with E-state index in [9.17, 15) is 0 Å². The summed E-state index contributed by atoms with van der Waals surface area (Å²) in [4.78, 5) is 4.06. The molecule has 1 aliphatic carbocycles. The molecule has 1 N–H and O–H groups in total. The molecule has 1 aliphatic rings. The summed E-state index contributed by atoms with van der Waals surface area (Å²) in [6.45, 7) is 8.30. The SMILES string of the molecule is CCCNC1CCC(C)CC1CN(C)CCc1cccs1. The fraction of sp³-hybridized carbons (Fsp3) is 0.778. The summed E-state index contributed by atoms with van der Waals surface area (Å²) in [5, 5.41) is 5.98. The zero-order chi connectivity index (χ0) is 15.1. The number of likely N-dealkylation sites (N-methyl/N-ethyl adjacent to an activating group) is 1. The molecule has 0 radical (unpaired) electrons. The molecule has 1 heterocycles. The van der Waals surface area contributed by atoms with Crippen LogP contribution in [-0.4, -0.2) is 37.6 Å². The van der Waals surface area contributed by atoms with Crippen molar-refractivity contribution in [2.24, 2.45) is 11.8 Å². The molecule has 1 aromatic heterocycles. The second-order valence-corrected chi connectivity index (χ2v) is 7.86. The van der Waals surface area contributed by atoms with Crippen molar-refractivity contribution in [3.8, 4) is 0 Å². The van der Waals surface area contributed by atoms with Crippen LogP contribution >= 0.6 is 11.3 Å². The Bertz CT molecular complexity index is 375. The topological polar surface area (TPSA) is 15.3 Å². The Balaban J connectivity index is 1.78. The molecule has 0 aliphatic heterocycles. The highest BCUT2D eigenvalue weighted by atomic mass is 32.1. The number of nitrogens with zero attached hydrogens (tertiary/aromatic N) is 1. The minimum atomic E-state index is 0.741. The Kier molecular flexibility index (Phi) is 7.21. The standard InChI is InChI=1S/C18H32N2S/c1-4-10-19-18-8-7-15(2)13-16(18)14-20(3)11-9-17-6-5-12-21-17/h5-6,12,15-16,18-19H,4,7-11,13-14H2,1-3H3. The lowest BCUT2D eigenvalue weighted by Crippen LogP contribution is -2.45. The number of rotatable bonds is 8. The molecule has 1 fully saturated rings. The summed E-state index contributed by atoms with van der Waals surface area (Å²) in [6, 6.07) is 5.16. The van der Waals surface area contributed by atoms with Gasteiger partial charge in [0.2, 0.25) is 0 Å². The van der Waals surface area contributed by atoms with Crippen molar-refractivity contribution < 1.29 is 0 Å². The van der Waals surface area contributed by atoms with Crippen LogP contribution in [0.3, 0.4) is 0 Å². The second-order valence-electron chi connectivity index (χ2n) is 6.83. The van der Waals surface area contributed by atoms with Gasteiger partial charge in [-0.05, 0) is 69.0 Å². The van der Waals surface area contributed by atoms with Crippen molar-refractivity contribution in [2.45, 2.75) is 52.0 Å². The Morgan fingerprint density at radius 3 is 2.95 bits per heavy atom. The number of hydrogen-bond donors (Lipinski definition) is 1. The molecular weight excluding hydrogens is 276 g/mol. The fourth-order valence-corrected chi connectivity index (χ4v) is 4.24. The first-order valence-corrected chi connectivity index (χ1v) is 9.51. The van der Waals surface area contributed by atoms with E-state index in [4.69, 9.17) is 0 Å². The van der Waals surface area contributed by atoms with Gasteiger partial charge in [0.05, 0.1) is 0 Å². The molecule has 21 heavy (non-hydrogen) atoms. The first kappa shape index (κ1) is 17.0. The molecule has 3 unspecified atom stereocenters. The van der Waals surface area contributed by atoms with Crippen molar-refractivity contribution in [3.05, 3.63) is 22.4 Å². The van der Waals surface area contributed by atoms with E-state index in [-0.39, 0.29) is 0 Å². The van der Waals surface area contributed by atoms with E-state index in [2.05, 4.69) is 48.6 Å². The molecule has 1 saturated carbocycles. The first-order valence-electron chi connectivity index (χ1n) is 8.63. The Morgan fingerprint density at radius 1 is 1.38 bits per heavy atom. The molecule has 0 spiro atoms. The van der Waals surface area contributed by atoms with Crippen LogP contribution < -0.4 is 5.32 Å². The van der Waals surface area contributed by atoms with Gasteiger partial charge in [0.15, 0.2) is 0 Å². The minimum Gasteiger partial charge on any atom is -0.314 e. The van der Waals surface area contributed by atoms with Gasteiger partial charge in [-0.2, -0.15) is 0 Å². The third-order valence-corrected chi connectivity index (χ3v) is 5.70. The van der Waals surface area contributed by atoms with Crippen LogP contribution in [0.1, 0.15) is 44.4 Å². The van der Waals surface area contributed by atoms with Crippen LogP contribution in [0.5, 0.6) is 0 Å². The van der Waals surface area contributed by atoms with Crippen LogP contribution in [0.2, 0.25) is 0 Å². The average molecular weight is 309 g/mol. The lowest BCUT2D eigenvalue weighted by molar-refractivity contribution is 0.161. The number of hydrogen-bond acceptors (Lipinski definition) is 3. The van der Waals surface area contributed by atoms with E-state index in [1.54, 1.807) is 0 Å². The summed E-state index contributed by atoms with van der Waals surface area (Å²) in [6.07, 6.45) is 6.60. The van der Waals surface area contributed by atoms with E-state index >= 15 is 0 Å². The van der Waals surface area contributed by atoms with Gasteiger partial charge in [0.1, 0.15) is 0 Å². The summed E-state index contributed by atoms with van der Waals surface area (Å²) < 4.78 is 0. The van der Waals surface area contributed by atoms with Gasteiger partial charge in [-0.1, -0.05) is 19.9 Å². The van der Waals surface area contributed by atoms with Crippen molar-refractivity contribution in [1.29, 1.82) is 0 Å². The van der Waals surface area contributed by atoms with E-state index in [0.717, 1.165) is 17.9 Å². The number of nitrogens with one attached hydrogen (secondary N) is 1. The van der Waals surface area contributed by atoms with Crippen molar-refractivity contribution in [1.82, 2.24) is 10.2 Å². The van der Waals surface area contributed by atoms with Gasteiger partial charge >= 0.3 is 0 Å². The van der Waals surface area contributed by atoms with E-state index in [0.29, 0.717) is 0 Å². The van der Waals surface area contributed by atoms with Gasteiger partial charge in [0.25, 0.3) is 0 Å². The molecule has 3 heteroatoms. The quantitative estimate of drug-likeness (QED) is 0.780. The molecule has 2 rings (SSSR count). The summed E-state index contributed by atoms with van der Waals surface area (Å²) >= 11 is 1.88. The van der Waals surface area contributed by atoms with Crippen LogP contribution in [0.25, 0.3) is 0 Å². The van der Waals surface area contributed by atoms with Crippen molar-refractivity contribution >= 4 is 11.3 Å². The fourth-order valence-electron chi connectivity index (χ4n) is 3.55. The molecule has 3 atom stereocenters.